The predicted molar refractivity (Wildman–Crippen MR) is 36.6 cm³/mol. The van der Waals surface area contributed by atoms with Gasteiger partial charge in [-0.05, 0) is 19.3 Å². The number of rotatable bonds is 0. The Labute approximate surface area is 55.5 Å². The molecule has 0 aliphatic carbocycles. The average molecular weight is 124 g/mol. The lowest BCUT2D eigenvalue weighted by molar-refractivity contribution is 0.229. The molecule has 0 atom stereocenters. The van der Waals surface area contributed by atoms with Gasteiger partial charge in [0.2, 0.25) is 0 Å². The van der Waals surface area contributed by atoms with Crippen LogP contribution in [0.5, 0.6) is 0 Å². The van der Waals surface area contributed by atoms with Crippen molar-refractivity contribution in [3.05, 3.63) is 11.8 Å². The molecule has 0 aromatic rings. The van der Waals surface area contributed by atoms with Crippen LogP contribution in [0.1, 0.15) is 19.3 Å². The van der Waals surface area contributed by atoms with Crippen LogP contribution in [0, 0.1) is 0 Å². The molecule has 0 bridgehead atoms. The van der Waals surface area contributed by atoms with E-state index in [2.05, 4.69) is 16.5 Å². The summed E-state index contributed by atoms with van der Waals surface area (Å²) in [6.45, 7) is 2.35. The fourth-order valence-electron chi connectivity index (χ4n) is 1.52. The maximum absolute atomic E-state index is 3.35. The number of hydrazine groups is 1. The largest absolute Gasteiger partial charge is 0.313 e. The molecule has 0 amide bonds. The lowest BCUT2D eigenvalue weighted by Crippen LogP contribution is -2.39. The maximum Gasteiger partial charge on any atom is 0.0376 e. The van der Waals surface area contributed by atoms with Crippen molar-refractivity contribution in [1.82, 2.24) is 10.4 Å². The van der Waals surface area contributed by atoms with Gasteiger partial charge in [-0.2, -0.15) is 0 Å². The Morgan fingerprint density at radius 1 is 1.56 bits per heavy atom. The first kappa shape index (κ1) is 5.30. The van der Waals surface area contributed by atoms with E-state index in [0.29, 0.717) is 0 Å². The Bertz CT molecular complexity index is 140. The highest BCUT2D eigenvalue weighted by Crippen LogP contribution is 2.19. The summed E-state index contributed by atoms with van der Waals surface area (Å²) in [5.74, 6) is 0. The van der Waals surface area contributed by atoms with E-state index in [4.69, 9.17) is 0 Å². The molecule has 50 valence electrons. The molecular formula is C7H12N2. The molecule has 2 rings (SSSR count). The number of fused-ring (bicyclic) bond motifs is 1. The molecule has 0 unspecified atom stereocenters. The second-order valence-corrected chi connectivity index (χ2v) is 2.65. The van der Waals surface area contributed by atoms with Gasteiger partial charge in [-0.15, -0.1) is 0 Å². The van der Waals surface area contributed by atoms with Gasteiger partial charge in [-0.1, -0.05) is 6.08 Å². The normalized spacial score (nSPS) is 25.8. The minimum atomic E-state index is 1.16. The Morgan fingerprint density at radius 3 is 3.44 bits per heavy atom. The third-order valence-corrected chi connectivity index (χ3v) is 1.99. The van der Waals surface area contributed by atoms with Crippen LogP contribution in [-0.4, -0.2) is 18.1 Å². The number of hydrogen-bond acceptors (Lipinski definition) is 2. The van der Waals surface area contributed by atoms with E-state index in [1.807, 2.05) is 0 Å². The van der Waals surface area contributed by atoms with Crippen LogP contribution in [-0.2, 0) is 0 Å². The third-order valence-electron chi connectivity index (χ3n) is 1.99. The first-order valence-corrected chi connectivity index (χ1v) is 3.67. The summed E-state index contributed by atoms with van der Waals surface area (Å²) < 4.78 is 0. The lowest BCUT2D eigenvalue weighted by atomic mass is 10.2. The number of hydrogen-bond donors (Lipinski definition) is 1. The minimum Gasteiger partial charge on any atom is -0.313 e. The molecule has 0 aromatic carbocycles. The fourth-order valence-corrected chi connectivity index (χ4v) is 1.52. The monoisotopic (exact) mass is 124 g/mol. The zero-order valence-corrected chi connectivity index (χ0v) is 5.56. The van der Waals surface area contributed by atoms with Crippen LogP contribution in [0.15, 0.2) is 11.8 Å². The summed E-state index contributed by atoms with van der Waals surface area (Å²) in [5.41, 5.74) is 4.86. The van der Waals surface area contributed by atoms with Crippen molar-refractivity contribution in [1.29, 1.82) is 0 Å². The molecule has 2 heteroatoms. The molecule has 2 nitrogen and oxygen atoms in total. The summed E-state index contributed by atoms with van der Waals surface area (Å²) in [4.78, 5) is 0. The van der Waals surface area contributed by atoms with Crippen LogP contribution in [0.3, 0.4) is 0 Å². The lowest BCUT2D eigenvalue weighted by Gasteiger charge is -2.27. The Morgan fingerprint density at radius 2 is 2.56 bits per heavy atom. The molecule has 1 fully saturated rings. The van der Waals surface area contributed by atoms with Crippen LogP contribution < -0.4 is 5.43 Å². The Kier molecular flexibility index (Phi) is 1.19. The zero-order valence-electron chi connectivity index (χ0n) is 5.56. The molecule has 0 aromatic heterocycles. The van der Waals surface area contributed by atoms with E-state index in [1.165, 1.54) is 31.5 Å². The van der Waals surface area contributed by atoms with Crippen molar-refractivity contribution >= 4 is 0 Å². The van der Waals surface area contributed by atoms with E-state index in [1.54, 1.807) is 0 Å². The molecule has 2 aliphatic rings. The molecule has 0 radical (unpaired) electrons. The standard InChI is InChI=1S/C7H12N2/c1-3-7-4-2-6-9(7)8-5-1/h4,8H,1-3,5-6H2. The maximum atomic E-state index is 3.35. The van der Waals surface area contributed by atoms with Gasteiger partial charge in [-0.25, -0.2) is 5.43 Å². The highest BCUT2D eigenvalue weighted by atomic mass is 15.5. The molecule has 2 aliphatic heterocycles. The molecule has 2 heterocycles. The van der Waals surface area contributed by atoms with Crippen LogP contribution in [0.4, 0.5) is 0 Å². The minimum absolute atomic E-state index is 1.16. The number of nitrogens with zero attached hydrogens (tertiary/aromatic N) is 1. The van der Waals surface area contributed by atoms with E-state index < -0.39 is 0 Å². The Hall–Kier alpha value is -0.500. The highest BCUT2D eigenvalue weighted by molar-refractivity contribution is 5.07. The van der Waals surface area contributed by atoms with Gasteiger partial charge >= 0.3 is 0 Å². The quantitative estimate of drug-likeness (QED) is 0.515. The summed E-state index contributed by atoms with van der Waals surface area (Å²) in [5, 5.41) is 2.28. The Balaban J connectivity index is 2.09. The SMILES string of the molecule is C1=C2CCCNN2CC1. The number of allylic oxidation sites excluding steroid dienone is 1. The van der Waals surface area contributed by atoms with Crippen molar-refractivity contribution in [2.24, 2.45) is 0 Å². The van der Waals surface area contributed by atoms with Crippen molar-refractivity contribution in [2.75, 3.05) is 13.1 Å². The van der Waals surface area contributed by atoms with E-state index in [0.717, 1.165) is 6.54 Å². The molecule has 0 spiro atoms. The number of nitrogens with one attached hydrogen (secondary N) is 1. The van der Waals surface area contributed by atoms with Gasteiger partial charge in [0.25, 0.3) is 0 Å². The molecule has 9 heavy (non-hydrogen) atoms. The first-order valence-electron chi connectivity index (χ1n) is 3.67. The van der Waals surface area contributed by atoms with Gasteiger partial charge in [-0.3, -0.25) is 0 Å². The molecular weight excluding hydrogens is 112 g/mol. The van der Waals surface area contributed by atoms with Crippen molar-refractivity contribution in [2.45, 2.75) is 19.3 Å². The van der Waals surface area contributed by atoms with E-state index in [9.17, 15) is 0 Å². The van der Waals surface area contributed by atoms with Crippen molar-refractivity contribution in [3.8, 4) is 0 Å². The second kappa shape index (κ2) is 2.03. The zero-order chi connectivity index (χ0) is 6.10. The molecule has 0 saturated carbocycles. The van der Waals surface area contributed by atoms with Crippen LogP contribution in [0.25, 0.3) is 0 Å². The predicted octanol–water partition coefficient (Wildman–Crippen LogP) is 0.874. The summed E-state index contributed by atoms with van der Waals surface area (Å²) >= 11 is 0. The van der Waals surface area contributed by atoms with Gasteiger partial charge in [0, 0.05) is 18.8 Å². The second-order valence-electron chi connectivity index (χ2n) is 2.65. The topological polar surface area (TPSA) is 15.3 Å². The third kappa shape index (κ3) is 0.833. The van der Waals surface area contributed by atoms with Crippen LogP contribution >= 0.6 is 0 Å². The van der Waals surface area contributed by atoms with Gasteiger partial charge in [0.15, 0.2) is 0 Å². The van der Waals surface area contributed by atoms with Gasteiger partial charge in [0.1, 0.15) is 0 Å². The van der Waals surface area contributed by atoms with Crippen molar-refractivity contribution < 1.29 is 0 Å². The molecule has 1 saturated heterocycles. The van der Waals surface area contributed by atoms with E-state index in [-0.39, 0.29) is 0 Å². The van der Waals surface area contributed by atoms with E-state index >= 15 is 0 Å². The van der Waals surface area contributed by atoms with Crippen molar-refractivity contribution in [3.63, 3.8) is 0 Å². The summed E-state index contributed by atoms with van der Waals surface area (Å²) in [7, 11) is 0. The highest BCUT2D eigenvalue weighted by Gasteiger charge is 2.16. The van der Waals surface area contributed by atoms with Crippen LogP contribution in [0.2, 0.25) is 0 Å². The smallest absolute Gasteiger partial charge is 0.0376 e. The van der Waals surface area contributed by atoms with Gasteiger partial charge < -0.3 is 5.01 Å². The first-order chi connectivity index (χ1) is 4.47. The average Bonchev–Trinajstić information content (AvgIpc) is 2.33. The summed E-state index contributed by atoms with van der Waals surface area (Å²) in [6, 6.07) is 0. The fraction of sp³-hybridized carbons (Fsp3) is 0.714. The summed E-state index contributed by atoms with van der Waals surface area (Å²) in [6.07, 6.45) is 6.17. The van der Waals surface area contributed by atoms with Gasteiger partial charge in [0.05, 0.1) is 0 Å². The molecule has 1 N–H and O–H groups in total.